The molecule has 5 nitrogen and oxygen atoms in total. The minimum Gasteiger partial charge on any atom is -0.276 e. The van der Waals surface area contributed by atoms with E-state index < -0.39 is 0 Å². The maximum Gasteiger partial charge on any atom is 0.272 e. The van der Waals surface area contributed by atoms with Crippen LogP contribution >= 0.6 is 39.0 Å². The number of thiophene rings is 1. The van der Waals surface area contributed by atoms with Crippen molar-refractivity contribution in [1.82, 2.24) is 19.2 Å². The Kier molecular flexibility index (Phi) is 5.15. The molecule has 0 fully saturated rings. The van der Waals surface area contributed by atoms with E-state index in [1.54, 1.807) is 16.3 Å². The van der Waals surface area contributed by atoms with Crippen molar-refractivity contribution < 1.29 is 0 Å². The lowest BCUT2D eigenvalue weighted by molar-refractivity contribution is 0.621. The fourth-order valence-electron chi connectivity index (χ4n) is 2.89. The smallest absolute Gasteiger partial charge is 0.272 e. The molecule has 3 aromatic heterocycles. The van der Waals surface area contributed by atoms with Gasteiger partial charge in [0.25, 0.3) is 5.56 Å². The summed E-state index contributed by atoms with van der Waals surface area (Å²) in [6, 6.07) is 10.2. The first-order valence-corrected chi connectivity index (χ1v) is 11.1. The van der Waals surface area contributed by atoms with Gasteiger partial charge in [-0.3, -0.25) is 13.8 Å². The lowest BCUT2D eigenvalue weighted by Gasteiger charge is -2.08. The molecule has 0 aliphatic carbocycles. The van der Waals surface area contributed by atoms with E-state index in [1.165, 1.54) is 16.9 Å². The van der Waals surface area contributed by atoms with E-state index in [9.17, 15) is 4.79 Å². The summed E-state index contributed by atoms with van der Waals surface area (Å²) < 4.78 is 5.61. The molecule has 0 aliphatic rings. The summed E-state index contributed by atoms with van der Waals surface area (Å²) in [7, 11) is 0. The minimum absolute atomic E-state index is 0.0342. The predicted molar refractivity (Wildman–Crippen MR) is 111 cm³/mol. The Morgan fingerprint density at radius 1 is 1.27 bits per heavy atom. The van der Waals surface area contributed by atoms with Crippen LogP contribution in [0.15, 0.2) is 50.1 Å². The monoisotopic (exact) mass is 448 g/mol. The van der Waals surface area contributed by atoms with Crippen LogP contribution in [-0.4, -0.2) is 19.2 Å². The molecular formula is C18H17BrN4OS2. The number of aryl methyl sites for hydroxylation is 1. The van der Waals surface area contributed by atoms with Crippen LogP contribution in [0.1, 0.15) is 25.3 Å². The number of benzene rings is 1. The van der Waals surface area contributed by atoms with Gasteiger partial charge in [-0.25, -0.2) is 0 Å². The Hall–Kier alpha value is -1.64. The lowest BCUT2D eigenvalue weighted by Crippen LogP contribution is -2.22. The highest BCUT2D eigenvalue weighted by atomic mass is 79.9. The van der Waals surface area contributed by atoms with E-state index in [4.69, 9.17) is 0 Å². The van der Waals surface area contributed by atoms with Crippen LogP contribution in [0.5, 0.6) is 0 Å². The van der Waals surface area contributed by atoms with E-state index in [2.05, 4.69) is 45.2 Å². The van der Waals surface area contributed by atoms with Gasteiger partial charge in [-0.1, -0.05) is 53.2 Å². The van der Waals surface area contributed by atoms with E-state index in [0.29, 0.717) is 12.3 Å². The third-order valence-corrected chi connectivity index (χ3v) is 6.56. The van der Waals surface area contributed by atoms with Crippen molar-refractivity contribution in [3.05, 3.63) is 56.1 Å². The van der Waals surface area contributed by atoms with Crippen LogP contribution < -0.4 is 5.56 Å². The maximum absolute atomic E-state index is 12.8. The topological polar surface area (TPSA) is 52.2 Å². The molecule has 134 valence electrons. The quantitative estimate of drug-likeness (QED) is 0.391. The SMILES string of the molecule is CCCCn1c(=O)c2sccc2n2c(SCc3cccc(Br)c3)nnc12. The average molecular weight is 449 g/mol. The largest absolute Gasteiger partial charge is 0.276 e. The summed E-state index contributed by atoms with van der Waals surface area (Å²) in [5, 5.41) is 11.5. The number of nitrogens with zero attached hydrogens (tertiary/aromatic N) is 4. The molecule has 4 rings (SSSR count). The van der Waals surface area contributed by atoms with Crippen LogP contribution in [0.3, 0.4) is 0 Å². The molecule has 4 aromatic rings. The van der Waals surface area contributed by atoms with Crippen molar-refractivity contribution in [2.75, 3.05) is 0 Å². The second-order valence-electron chi connectivity index (χ2n) is 5.98. The molecule has 8 heteroatoms. The zero-order chi connectivity index (χ0) is 18.1. The summed E-state index contributed by atoms with van der Waals surface area (Å²) in [5.74, 6) is 1.42. The summed E-state index contributed by atoms with van der Waals surface area (Å²) in [4.78, 5) is 12.8. The summed E-state index contributed by atoms with van der Waals surface area (Å²) in [5.41, 5.74) is 2.14. The molecule has 0 amide bonds. The van der Waals surface area contributed by atoms with E-state index >= 15 is 0 Å². The van der Waals surface area contributed by atoms with Gasteiger partial charge in [-0.15, -0.1) is 21.5 Å². The number of hydrogen-bond donors (Lipinski definition) is 0. The third kappa shape index (κ3) is 3.21. The molecule has 0 bridgehead atoms. The summed E-state index contributed by atoms with van der Waals surface area (Å²) in [6.07, 6.45) is 1.97. The van der Waals surface area contributed by atoms with Gasteiger partial charge in [0, 0.05) is 16.8 Å². The average Bonchev–Trinajstić information content (AvgIpc) is 3.27. The van der Waals surface area contributed by atoms with Gasteiger partial charge < -0.3 is 0 Å². The van der Waals surface area contributed by atoms with Gasteiger partial charge in [0.05, 0.1) is 5.52 Å². The highest BCUT2D eigenvalue weighted by Crippen LogP contribution is 2.27. The number of rotatable bonds is 6. The molecule has 0 unspecified atom stereocenters. The van der Waals surface area contributed by atoms with Crippen molar-refractivity contribution in [3.63, 3.8) is 0 Å². The Morgan fingerprint density at radius 2 is 2.15 bits per heavy atom. The second kappa shape index (κ2) is 7.54. The first-order valence-electron chi connectivity index (χ1n) is 8.41. The molecule has 0 saturated heterocycles. The Morgan fingerprint density at radius 3 is 2.96 bits per heavy atom. The minimum atomic E-state index is 0.0342. The number of thioether (sulfide) groups is 1. The zero-order valence-electron chi connectivity index (χ0n) is 14.2. The highest BCUT2D eigenvalue weighted by molar-refractivity contribution is 9.10. The molecule has 0 radical (unpaired) electrons. The Labute approximate surface area is 167 Å². The summed E-state index contributed by atoms with van der Waals surface area (Å²) in [6.45, 7) is 2.79. The van der Waals surface area contributed by atoms with Crippen LogP contribution in [-0.2, 0) is 12.3 Å². The van der Waals surface area contributed by atoms with Gasteiger partial charge in [0.2, 0.25) is 5.78 Å². The van der Waals surface area contributed by atoms with Crippen molar-refractivity contribution >= 4 is 55.0 Å². The fourth-order valence-corrected chi connectivity index (χ4v) is 5.04. The van der Waals surface area contributed by atoms with Gasteiger partial charge in [0.1, 0.15) is 4.70 Å². The van der Waals surface area contributed by atoms with Crippen molar-refractivity contribution in [2.24, 2.45) is 0 Å². The third-order valence-electron chi connectivity index (χ3n) is 4.17. The predicted octanol–water partition coefficient (Wildman–Crippen LogP) is 4.96. The zero-order valence-corrected chi connectivity index (χ0v) is 17.4. The number of fused-ring (bicyclic) bond motifs is 3. The van der Waals surface area contributed by atoms with Gasteiger partial charge in [-0.05, 0) is 35.6 Å². The molecule has 1 aromatic carbocycles. The lowest BCUT2D eigenvalue weighted by atomic mass is 10.2. The summed E-state index contributed by atoms with van der Waals surface area (Å²) >= 11 is 6.62. The molecule has 0 aliphatic heterocycles. The van der Waals surface area contributed by atoms with Crippen LogP contribution in [0.2, 0.25) is 0 Å². The number of halogens is 1. The standard InChI is InChI=1S/C18H17BrN4OS2/c1-2-3-8-22-16(24)15-14(7-9-25-15)23-17(22)20-21-18(23)26-11-12-5-4-6-13(19)10-12/h4-7,9-10H,2-3,8,11H2,1H3. The molecule has 0 spiro atoms. The van der Waals surface area contributed by atoms with Crippen molar-refractivity contribution in [1.29, 1.82) is 0 Å². The molecule has 26 heavy (non-hydrogen) atoms. The van der Waals surface area contributed by atoms with Crippen molar-refractivity contribution in [3.8, 4) is 0 Å². The number of unbranched alkanes of at least 4 members (excludes halogenated alkanes) is 1. The molecule has 0 saturated carbocycles. The van der Waals surface area contributed by atoms with E-state index in [0.717, 1.165) is 38.4 Å². The van der Waals surface area contributed by atoms with Crippen molar-refractivity contribution in [2.45, 2.75) is 37.2 Å². The van der Waals surface area contributed by atoms with Gasteiger partial charge in [-0.2, -0.15) is 0 Å². The normalized spacial score (nSPS) is 11.6. The van der Waals surface area contributed by atoms with Gasteiger partial charge in [0.15, 0.2) is 5.16 Å². The molecule has 3 heterocycles. The molecular weight excluding hydrogens is 432 g/mol. The highest BCUT2D eigenvalue weighted by Gasteiger charge is 2.17. The van der Waals surface area contributed by atoms with E-state index in [-0.39, 0.29) is 5.56 Å². The number of hydrogen-bond acceptors (Lipinski definition) is 5. The molecule has 0 N–H and O–H groups in total. The Bertz CT molecular complexity index is 1130. The van der Waals surface area contributed by atoms with Gasteiger partial charge >= 0.3 is 0 Å². The first-order chi connectivity index (χ1) is 12.7. The van der Waals surface area contributed by atoms with Crippen LogP contribution in [0, 0.1) is 0 Å². The number of aromatic nitrogens is 4. The second-order valence-corrected chi connectivity index (χ2v) is 8.76. The first kappa shape index (κ1) is 17.8. The van der Waals surface area contributed by atoms with E-state index in [1.807, 2.05) is 28.0 Å². The molecule has 0 atom stereocenters. The Balaban J connectivity index is 1.79. The van der Waals surface area contributed by atoms with Crippen LogP contribution in [0.25, 0.3) is 16.0 Å². The fraction of sp³-hybridized carbons (Fsp3) is 0.278. The maximum atomic E-state index is 12.8. The van der Waals surface area contributed by atoms with Crippen LogP contribution in [0.4, 0.5) is 0 Å².